The lowest BCUT2D eigenvalue weighted by molar-refractivity contribution is -0.00833. The SMILES string of the molecule is C[C@@H]1CCCCO[C@@H](CN(C)S(=O)(=O)c2ccccc2)[C@@H](C)CN([C@H](C)CO)C(=O)c2cc(NC(=O)Nc3ccc4c(c3)OCO4)ccc2O1. The highest BCUT2D eigenvalue weighted by molar-refractivity contribution is 7.89. The average Bonchev–Trinajstić information content (AvgIpc) is 3.57. The number of amides is 3. The Balaban J connectivity index is 1.39. The molecule has 0 spiro atoms. The highest BCUT2D eigenvalue weighted by Crippen LogP contribution is 2.34. The number of nitrogens with zero attached hydrogens (tertiary/aromatic N) is 2. The second-order valence-corrected chi connectivity index (χ2v) is 14.8. The number of likely N-dealkylation sites (N-methyl/N-ethyl adjacent to an activating group) is 1. The van der Waals surface area contributed by atoms with Crippen LogP contribution < -0.4 is 24.8 Å². The van der Waals surface area contributed by atoms with Crippen molar-refractivity contribution in [1.29, 1.82) is 0 Å². The van der Waals surface area contributed by atoms with E-state index in [4.69, 9.17) is 18.9 Å². The second-order valence-electron chi connectivity index (χ2n) is 12.8. The van der Waals surface area contributed by atoms with E-state index in [2.05, 4.69) is 10.6 Å². The van der Waals surface area contributed by atoms with Crippen molar-refractivity contribution in [2.24, 2.45) is 5.92 Å². The lowest BCUT2D eigenvalue weighted by Gasteiger charge is -2.35. The number of urea groups is 1. The molecule has 3 aromatic carbocycles. The number of fused-ring (bicyclic) bond motifs is 2. The minimum absolute atomic E-state index is 0.0661. The van der Waals surface area contributed by atoms with Crippen LogP contribution in [0.5, 0.6) is 17.2 Å². The van der Waals surface area contributed by atoms with Crippen molar-refractivity contribution < 1.29 is 42.1 Å². The number of carbonyl (C=O) groups is 2. The van der Waals surface area contributed by atoms with Crippen LogP contribution in [-0.2, 0) is 14.8 Å². The van der Waals surface area contributed by atoms with Crippen molar-refractivity contribution in [2.45, 2.75) is 63.2 Å². The Kier molecular flexibility index (Phi) is 12.2. The molecule has 0 unspecified atom stereocenters. The molecule has 13 nitrogen and oxygen atoms in total. The van der Waals surface area contributed by atoms with E-state index in [0.29, 0.717) is 41.7 Å². The largest absolute Gasteiger partial charge is 0.490 e. The van der Waals surface area contributed by atoms with Crippen LogP contribution in [0.4, 0.5) is 16.2 Å². The molecule has 3 aromatic rings. The number of carbonyl (C=O) groups excluding carboxylic acids is 2. The summed E-state index contributed by atoms with van der Waals surface area (Å²) in [5.41, 5.74) is 1.06. The number of hydrogen-bond acceptors (Lipinski definition) is 9. The Bertz CT molecular complexity index is 1740. The molecule has 5 rings (SSSR count). The molecule has 2 aliphatic heterocycles. The van der Waals surface area contributed by atoms with Crippen molar-refractivity contribution in [1.82, 2.24) is 9.21 Å². The Labute approximate surface area is 293 Å². The Hall–Kier alpha value is -4.37. The molecule has 3 N–H and O–H groups in total. The third-order valence-electron chi connectivity index (χ3n) is 8.83. The highest BCUT2D eigenvalue weighted by Gasteiger charge is 2.32. The summed E-state index contributed by atoms with van der Waals surface area (Å²) in [5.74, 6) is 0.719. The van der Waals surface area contributed by atoms with E-state index >= 15 is 0 Å². The zero-order valence-electron chi connectivity index (χ0n) is 28.8. The Morgan fingerprint density at radius 3 is 2.38 bits per heavy atom. The van der Waals surface area contributed by atoms with Crippen molar-refractivity contribution in [3.63, 3.8) is 0 Å². The van der Waals surface area contributed by atoms with Gasteiger partial charge >= 0.3 is 6.03 Å². The summed E-state index contributed by atoms with van der Waals surface area (Å²) in [6, 6.07) is 17.0. The minimum Gasteiger partial charge on any atom is -0.490 e. The van der Waals surface area contributed by atoms with Gasteiger partial charge in [0.2, 0.25) is 16.8 Å². The van der Waals surface area contributed by atoms with Crippen LogP contribution >= 0.6 is 0 Å². The van der Waals surface area contributed by atoms with Gasteiger partial charge in [-0.05, 0) is 75.6 Å². The summed E-state index contributed by atoms with van der Waals surface area (Å²) in [7, 11) is -2.26. The van der Waals surface area contributed by atoms with Gasteiger partial charge < -0.3 is 39.6 Å². The zero-order chi connectivity index (χ0) is 35.8. The van der Waals surface area contributed by atoms with Crippen molar-refractivity contribution in [3.8, 4) is 17.2 Å². The molecule has 0 radical (unpaired) electrons. The van der Waals surface area contributed by atoms with Gasteiger partial charge in [0.15, 0.2) is 11.5 Å². The van der Waals surface area contributed by atoms with Gasteiger partial charge in [0.1, 0.15) is 5.75 Å². The van der Waals surface area contributed by atoms with Gasteiger partial charge in [-0.2, -0.15) is 4.31 Å². The summed E-state index contributed by atoms with van der Waals surface area (Å²) < 4.78 is 51.4. The van der Waals surface area contributed by atoms with E-state index in [1.54, 1.807) is 78.6 Å². The second kappa shape index (κ2) is 16.6. The van der Waals surface area contributed by atoms with Gasteiger partial charge in [-0.15, -0.1) is 0 Å². The van der Waals surface area contributed by atoms with E-state index < -0.39 is 34.1 Å². The molecule has 4 atom stereocenters. The van der Waals surface area contributed by atoms with E-state index in [1.165, 1.54) is 11.4 Å². The number of anilines is 2. The maximum atomic E-state index is 14.4. The molecule has 0 saturated carbocycles. The molecule has 0 fully saturated rings. The Morgan fingerprint density at radius 2 is 1.66 bits per heavy atom. The van der Waals surface area contributed by atoms with Gasteiger partial charge in [-0.1, -0.05) is 25.1 Å². The van der Waals surface area contributed by atoms with E-state index in [1.807, 2.05) is 13.8 Å². The van der Waals surface area contributed by atoms with Crippen LogP contribution in [0, 0.1) is 5.92 Å². The van der Waals surface area contributed by atoms with Gasteiger partial charge in [0.25, 0.3) is 5.91 Å². The number of benzene rings is 3. The quantitative estimate of drug-likeness (QED) is 0.287. The molecule has 3 amide bonds. The zero-order valence-corrected chi connectivity index (χ0v) is 29.6. The monoisotopic (exact) mass is 710 g/mol. The van der Waals surface area contributed by atoms with Crippen LogP contribution in [0.2, 0.25) is 0 Å². The van der Waals surface area contributed by atoms with E-state index in [-0.39, 0.29) is 49.0 Å². The molecule has 0 saturated heterocycles. The number of nitrogens with one attached hydrogen (secondary N) is 2. The smallest absolute Gasteiger partial charge is 0.323 e. The lowest BCUT2D eigenvalue weighted by atomic mass is 10.0. The van der Waals surface area contributed by atoms with Crippen molar-refractivity contribution in [2.75, 3.05) is 50.8 Å². The standard InChI is InChI=1S/C36H46N4O9S/c1-24-20-40(25(2)22-41)35(42)30-18-27(37-36(43)38-28-14-16-32-33(19-28)48-23-47-32)13-15-31(30)49-26(3)10-8-9-17-46-34(24)21-39(4)50(44,45)29-11-6-5-7-12-29/h5-7,11-16,18-19,24-26,34,41H,8-10,17,20-23H2,1-4H3,(H2,37,38,43)/t24-,25+,26+,34-/m0/s1. The summed E-state index contributed by atoms with van der Waals surface area (Å²) in [6.07, 6.45) is 1.42. The fourth-order valence-electron chi connectivity index (χ4n) is 5.85. The molecule has 0 aromatic heterocycles. The third kappa shape index (κ3) is 9.04. The molecular weight excluding hydrogens is 664 g/mol. The van der Waals surface area contributed by atoms with Crippen LogP contribution in [0.15, 0.2) is 71.6 Å². The van der Waals surface area contributed by atoms with Crippen LogP contribution in [0.25, 0.3) is 0 Å². The fraction of sp³-hybridized carbons (Fsp3) is 0.444. The van der Waals surface area contributed by atoms with E-state index in [0.717, 1.165) is 12.8 Å². The molecule has 0 aliphatic carbocycles. The maximum Gasteiger partial charge on any atom is 0.323 e. The molecule has 0 bridgehead atoms. The highest BCUT2D eigenvalue weighted by atomic mass is 32.2. The topological polar surface area (TPSA) is 156 Å². The average molecular weight is 711 g/mol. The number of sulfonamides is 1. The Morgan fingerprint density at radius 1 is 0.980 bits per heavy atom. The van der Waals surface area contributed by atoms with Crippen molar-refractivity contribution in [3.05, 3.63) is 72.3 Å². The molecule has 2 heterocycles. The first-order valence-corrected chi connectivity index (χ1v) is 18.2. The molecule has 14 heteroatoms. The number of rotatable bonds is 8. The normalized spacial score (nSPS) is 20.7. The first kappa shape index (κ1) is 36.9. The molecule has 50 heavy (non-hydrogen) atoms. The van der Waals surface area contributed by atoms with Crippen LogP contribution in [0.1, 0.15) is 50.4 Å². The molecule has 2 aliphatic rings. The summed E-state index contributed by atoms with van der Waals surface area (Å²) in [4.78, 5) is 29.1. The number of aliphatic hydroxyl groups excluding tert-OH is 1. The summed E-state index contributed by atoms with van der Waals surface area (Å²) in [6.45, 7) is 5.99. The van der Waals surface area contributed by atoms with Gasteiger partial charge in [0, 0.05) is 50.1 Å². The first-order chi connectivity index (χ1) is 24.0. The van der Waals surface area contributed by atoms with Gasteiger partial charge in [0.05, 0.1) is 35.3 Å². The summed E-state index contributed by atoms with van der Waals surface area (Å²) >= 11 is 0. The number of aliphatic hydroxyl groups is 1. The maximum absolute atomic E-state index is 14.4. The predicted molar refractivity (Wildman–Crippen MR) is 188 cm³/mol. The summed E-state index contributed by atoms with van der Waals surface area (Å²) in [5, 5.41) is 15.8. The van der Waals surface area contributed by atoms with Gasteiger partial charge in [-0.25, -0.2) is 13.2 Å². The van der Waals surface area contributed by atoms with Crippen LogP contribution in [0.3, 0.4) is 0 Å². The van der Waals surface area contributed by atoms with Crippen molar-refractivity contribution >= 4 is 33.3 Å². The lowest BCUT2D eigenvalue weighted by Crippen LogP contribution is -2.48. The van der Waals surface area contributed by atoms with E-state index in [9.17, 15) is 23.1 Å². The molecular formula is C36H46N4O9S. The fourth-order valence-corrected chi connectivity index (χ4v) is 7.06. The third-order valence-corrected chi connectivity index (χ3v) is 10.7. The first-order valence-electron chi connectivity index (χ1n) is 16.8. The number of hydrogen-bond donors (Lipinski definition) is 3. The predicted octanol–water partition coefficient (Wildman–Crippen LogP) is 5.18. The minimum atomic E-state index is -3.79. The number of ether oxygens (including phenoxy) is 4. The van der Waals surface area contributed by atoms with Gasteiger partial charge in [-0.3, -0.25) is 4.79 Å². The molecule has 270 valence electrons. The van der Waals surface area contributed by atoms with Crippen LogP contribution in [-0.4, -0.2) is 93.1 Å².